The van der Waals surface area contributed by atoms with Gasteiger partial charge in [0.2, 0.25) is 0 Å². The molecule has 0 heterocycles. The average Bonchev–Trinajstić information content (AvgIpc) is 2.15. The molecule has 0 aliphatic rings. The van der Waals surface area contributed by atoms with E-state index >= 15 is 0 Å². The predicted octanol–water partition coefficient (Wildman–Crippen LogP) is 2.01. The van der Waals surface area contributed by atoms with Crippen LogP contribution in [0.15, 0.2) is 24.3 Å². The van der Waals surface area contributed by atoms with E-state index < -0.39 is 0 Å². The number of methoxy groups -OCH3 is 1. The highest BCUT2D eigenvalue weighted by Gasteiger charge is 1.98. The van der Waals surface area contributed by atoms with E-state index in [1.54, 1.807) is 14.0 Å². The van der Waals surface area contributed by atoms with E-state index in [-0.39, 0.29) is 6.10 Å². The van der Waals surface area contributed by atoms with Crippen molar-refractivity contribution in [2.45, 2.75) is 25.9 Å². The first-order chi connectivity index (χ1) is 6.22. The number of aliphatic hydroxyl groups is 1. The first-order valence-corrected chi connectivity index (χ1v) is 4.53. The summed E-state index contributed by atoms with van der Waals surface area (Å²) in [6.45, 7) is 1.81. The van der Waals surface area contributed by atoms with Gasteiger partial charge >= 0.3 is 0 Å². The number of rotatable bonds is 4. The van der Waals surface area contributed by atoms with Gasteiger partial charge in [0.1, 0.15) is 5.75 Å². The maximum atomic E-state index is 9.11. The molecule has 0 radical (unpaired) electrons. The van der Waals surface area contributed by atoms with Gasteiger partial charge in [0.05, 0.1) is 13.2 Å². The molecule has 0 saturated heterocycles. The van der Waals surface area contributed by atoms with Crippen LogP contribution in [0.25, 0.3) is 0 Å². The Kier molecular flexibility index (Phi) is 3.77. The Bertz CT molecular complexity index is 256. The lowest BCUT2D eigenvalue weighted by molar-refractivity contribution is 0.185. The molecular weight excluding hydrogens is 164 g/mol. The summed E-state index contributed by atoms with van der Waals surface area (Å²) in [5, 5.41) is 9.11. The van der Waals surface area contributed by atoms with Gasteiger partial charge in [0.25, 0.3) is 0 Å². The highest BCUT2D eigenvalue weighted by atomic mass is 16.5. The monoisotopic (exact) mass is 180 g/mol. The summed E-state index contributed by atoms with van der Waals surface area (Å²) in [6.07, 6.45) is 1.47. The minimum atomic E-state index is -0.230. The molecule has 0 aromatic heterocycles. The molecule has 0 spiro atoms. The zero-order valence-electron chi connectivity index (χ0n) is 8.16. The van der Waals surface area contributed by atoms with Crippen molar-refractivity contribution in [3.63, 3.8) is 0 Å². The molecule has 72 valence electrons. The van der Waals surface area contributed by atoms with Crippen LogP contribution in [0.3, 0.4) is 0 Å². The van der Waals surface area contributed by atoms with E-state index in [9.17, 15) is 0 Å². The molecule has 0 fully saturated rings. The van der Waals surface area contributed by atoms with Crippen LogP contribution in [0.5, 0.6) is 5.75 Å². The molecule has 1 rings (SSSR count). The van der Waals surface area contributed by atoms with Crippen LogP contribution in [-0.4, -0.2) is 18.3 Å². The minimum Gasteiger partial charge on any atom is -0.497 e. The van der Waals surface area contributed by atoms with E-state index in [0.717, 1.165) is 18.6 Å². The highest BCUT2D eigenvalue weighted by molar-refractivity contribution is 5.28. The van der Waals surface area contributed by atoms with E-state index in [1.165, 1.54) is 5.56 Å². The standard InChI is InChI=1S/C11H16O2/c1-9(12)6-7-10-4-3-5-11(8-10)13-2/h3-5,8-9,12H,6-7H2,1-2H3/t9-/m1/s1. The molecule has 1 aromatic carbocycles. The molecule has 13 heavy (non-hydrogen) atoms. The van der Waals surface area contributed by atoms with Crippen LogP contribution >= 0.6 is 0 Å². The Morgan fingerprint density at radius 2 is 2.23 bits per heavy atom. The number of hydrogen-bond acceptors (Lipinski definition) is 2. The quantitative estimate of drug-likeness (QED) is 0.768. The second-order valence-corrected chi connectivity index (χ2v) is 3.24. The summed E-state index contributed by atoms with van der Waals surface area (Å²) < 4.78 is 5.10. The van der Waals surface area contributed by atoms with Crippen molar-refractivity contribution in [2.24, 2.45) is 0 Å². The molecular formula is C11H16O2. The third-order valence-electron chi connectivity index (χ3n) is 1.98. The largest absolute Gasteiger partial charge is 0.497 e. The van der Waals surface area contributed by atoms with Crippen molar-refractivity contribution in [2.75, 3.05) is 7.11 Å². The molecule has 2 nitrogen and oxygen atoms in total. The topological polar surface area (TPSA) is 29.5 Å². The van der Waals surface area contributed by atoms with Crippen molar-refractivity contribution in [3.05, 3.63) is 29.8 Å². The molecule has 0 saturated carbocycles. The summed E-state index contributed by atoms with van der Waals surface area (Å²) in [5.41, 5.74) is 1.21. The minimum absolute atomic E-state index is 0.230. The van der Waals surface area contributed by atoms with E-state index in [2.05, 4.69) is 0 Å². The molecule has 2 heteroatoms. The van der Waals surface area contributed by atoms with Gasteiger partial charge in [-0.1, -0.05) is 12.1 Å². The third kappa shape index (κ3) is 3.47. The maximum absolute atomic E-state index is 9.11. The summed E-state index contributed by atoms with van der Waals surface area (Å²) >= 11 is 0. The Hall–Kier alpha value is -1.02. The van der Waals surface area contributed by atoms with Gasteiger partial charge in [-0.3, -0.25) is 0 Å². The Labute approximate surface area is 79.2 Å². The smallest absolute Gasteiger partial charge is 0.119 e. The van der Waals surface area contributed by atoms with E-state index in [1.807, 2.05) is 24.3 Å². The zero-order valence-corrected chi connectivity index (χ0v) is 8.16. The number of benzene rings is 1. The van der Waals surface area contributed by atoms with Crippen molar-refractivity contribution in [1.82, 2.24) is 0 Å². The summed E-state index contributed by atoms with van der Waals surface area (Å²) in [6, 6.07) is 7.94. The average molecular weight is 180 g/mol. The highest BCUT2D eigenvalue weighted by Crippen LogP contribution is 2.14. The fourth-order valence-electron chi connectivity index (χ4n) is 1.20. The van der Waals surface area contributed by atoms with Crippen LogP contribution < -0.4 is 4.74 Å². The van der Waals surface area contributed by atoms with Gasteiger partial charge < -0.3 is 9.84 Å². The van der Waals surface area contributed by atoms with Crippen molar-refractivity contribution >= 4 is 0 Å². The Morgan fingerprint density at radius 3 is 2.85 bits per heavy atom. The molecule has 0 bridgehead atoms. The third-order valence-corrected chi connectivity index (χ3v) is 1.98. The fourth-order valence-corrected chi connectivity index (χ4v) is 1.20. The van der Waals surface area contributed by atoms with Crippen molar-refractivity contribution in [3.8, 4) is 5.75 Å². The Balaban J connectivity index is 2.56. The van der Waals surface area contributed by atoms with E-state index in [4.69, 9.17) is 9.84 Å². The normalized spacial score (nSPS) is 12.5. The Morgan fingerprint density at radius 1 is 1.46 bits per heavy atom. The number of ether oxygens (including phenoxy) is 1. The van der Waals surface area contributed by atoms with Crippen LogP contribution in [0.4, 0.5) is 0 Å². The van der Waals surface area contributed by atoms with Gasteiger partial charge in [-0.15, -0.1) is 0 Å². The summed E-state index contributed by atoms with van der Waals surface area (Å²) in [4.78, 5) is 0. The SMILES string of the molecule is COc1cccc(CC[C@@H](C)O)c1. The molecule has 0 amide bonds. The van der Waals surface area contributed by atoms with Gasteiger partial charge in [-0.2, -0.15) is 0 Å². The van der Waals surface area contributed by atoms with E-state index in [0.29, 0.717) is 0 Å². The van der Waals surface area contributed by atoms with Crippen molar-refractivity contribution in [1.29, 1.82) is 0 Å². The fraction of sp³-hybridized carbons (Fsp3) is 0.455. The molecule has 1 atom stereocenters. The van der Waals surface area contributed by atoms with Gasteiger partial charge in [-0.25, -0.2) is 0 Å². The van der Waals surface area contributed by atoms with Crippen LogP contribution in [-0.2, 0) is 6.42 Å². The predicted molar refractivity (Wildman–Crippen MR) is 53.0 cm³/mol. The molecule has 1 N–H and O–H groups in total. The van der Waals surface area contributed by atoms with Crippen LogP contribution in [0.2, 0.25) is 0 Å². The number of aryl methyl sites for hydroxylation is 1. The first-order valence-electron chi connectivity index (χ1n) is 4.53. The number of hydrogen-bond donors (Lipinski definition) is 1. The second kappa shape index (κ2) is 4.87. The first kappa shape index (κ1) is 10.1. The zero-order chi connectivity index (χ0) is 9.68. The van der Waals surface area contributed by atoms with Gasteiger partial charge in [-0.05, 0) is 37.5 Å². The number of aliphatic hydroxyl groups excluding tert-OH is 1. The van der Waals surface area contributed by atoms with Gasteiger partial charge in [0, 0.05) is 0 Å². The molecule has 0 unspecified atom stereocenters. The second-order valence-electron chi connectivity index (χ2n) is 3.24. The lowest BCUT2D eigenvalue weighted by Gasteiger charge is -2.05. The molecule has 0 aliphatic heterocycles. The lowest BCUT2D eigenvalue weighted by atomic mass is 10.1. The summed E-state index contributed by atoms with van der Waals surface area (Å²) in [7, 11) is 1.66. The van der Waals surface area contributed by atoms with Crippen LogP contribution in [0, 0.1) is 0 Å². The van der Waals surface area contributed by atoms with Crippen molar-refractivity contribution < 1.29 is 9.84 Å². The molecule has 1 aromatic rings. The van der Waals surface area contributed by atoms with Gasteiger partial charge in [0.15, 0.2) is 0 Å². The van der Waals surface area contributed by atoms with Crippen LogP contribution in [0.1, 0.15) is 18.9 Å². The maximum Gasteiger partial charge on any atom is 0.119 e. The lowest BCUT2D eigenvalue weighted by Crippen LogP contribution is -2.01. The summed E-state index contributed by atoms with van der Waals surface area (Å²) in [5.74, 6) is 0.878. The molecule has 0 aliphatic carbocycles.